The number of esters is 1. The van der Waals surface area contributed by atoms with Crippen molar-refractivity contribution < 1.29 is 24.2 Å². The second kappa shape index (κ2) is 6.63. The number of ketones is 2. The fourth-order valence-corrected chi connectivity index (χ4v) is 7.03. The van der Waals surface area contributed by atoms with E-state index in [1.54, 1.807) is 0 Å². The molecule has 0 aromatic heterocycles. The molecule has 6 atom stereocenters. The van der Waals surface area contributed by atoms with Crippen LogP contribution in [0.25, 0.3) is 0 Å². The SMILES string of the molecule is CC(=O)OCC(=O)[C@@]1(O)CC[C@@H]2[C@H]3C[C@H](C)C4=CC(=O)CC[C@]4(C)C3=CC[C@@]21C. The van der Waals surface area contributed by atoms with Gasteiger partial charge in [0.25, 0.3) is 0 Å². The van der Waals surface area contributed by atoms with Crippen LogP contribution in [-0.2, 0) is 19.1 Å². The van der Waals surface area contributed by atoms with E-state index in [-0.39, 0.29) is 29.5 Å². The Kier molecular flexibility index (Phi) is 4.69. The van der Waals surface area contributed by atoms with Crippen LogP contribution < -0.4 is 0 Å². The Bertz CT molecular complexity index is 838. The Morgan fingerprint density at radius 3 is 2.66 bits per heavy atom. The number of hydrogen-bond acceptors (Lipinski definition) is 5. The highest BCUT2D eigenvalue weighted by Crippen LogP contribution is 2.66. The molecule has 0 heterocycles. The minimum atomic E-state index is -1.46. The molecule has 0 aliphatic heterocycles. The Morgan fingerprint density at radius 1 is 1.24 bits per heavy atom. The van der Waals surface area contributed by atoms with Gasteiger partial charge in [-0.25, -0.2) is 0 Å². The van der Waals surface area contributed by atoms with E-state index in [2.05, 4.69) is 19.9 Å². The molecule has 158 valence electrons. The van der Waals surface area contributed by atoms with Crippen LogP contribution in [0.4, 0.5) is 0 Å². The molecule has 0 spiro atoms. The van der Waals surface area contributed by atoms with Gasteiger partial charge in [0.1, 0.15) is 5.60 Å². The van der Waals surface area contributed by atoms with Gasteiger partial charge < -0.3 is 9.84 Å². The lowest BCUT2D eigenvalue weighted by Crippen LogP contribution is -2.56. The van der Waals surface area contributed by atoms with Crippen molar-refractivity contribution in [2.45, 2.75) is 71.8 Å². The van der Waals surface area contributed by atoms with Gasteiger partial charge in [-0.3, -0.25) is 14.4 Å². The number of ether oxygens (including phenoxy) is 1. The lowest BCUT2D eigenvalue weighted by atomic mass is 9.49. The molecule has 0 bridgehead atoms. The average Bonchev–Trinajstić information content (AvgIpc) is 2.94. The van der Waals surface area contributed by atoms with E-state index in [9.17, 15) is 19.5 Å². The monoisotopic (exact) mass is 400 g/mol. The van der Waals surface area contributed by atoms with Gasteiger partial charge in [-0.2, -0.15) is 0 Å². The van der Waals surface area contributed by atoms with Crippen LogP contribution in [0.15, 0.2) is 23.3 Å². The summed E-state index contributed by atoms with van der Waals surface area (Å²) in [7, 11) is 0. The summed E-state index contributed by atoms with van der Waals surface area (Å²) in [5, 5.41) is 11.5. The Hall–Kier alpha value is -1.75. The molecule has 5 nitrogen and oxygen atoms in total. The van der Waals surface area contributed by atoms with E-state index < -0.39 is 17.0 Å². The molecular weight excluding hydrogens is 368 g/mol. The molecule has 4 aliphatic carbocycles. The van der Waals surface area contributed by atoms with Gasteiger partial charge in [0.2, 0.25) is 5.78 Å². The first-order valence-electron chi connectivity index (χ1n) is 10.9. The first-order valence-corrected chi connectivity index (χ1v) is 10.9. The van der Waals surface area contributed by atoms with Crippen molar-refractivity contribution in [3.8, 4) is 0 Å². The molecule has 5 heteroatoms. The van der Waals surface area contributed by atoms with E-state index in [1.807, 2.05) is 13.0 Å². The number of carbonyl (C=O) groups excluding carboxylic acids is 3. The van der Waals surface area contributed by atoms with E-state index in [1.165, 1.54) is 18.1 Å². The fraction of sp³-hybridized carbons (Fsp3) is 0.708. The molecule has 1 N–H and O–H groups in total. The highest BCUT2D eigenvalue weighted by molar-refractivity contribution is 5.92. The number of Topliss-reactive ketones (excluding diaryl/α,β-unsaturated/α-hetero) is 1. The van der Waals surface area contributed by atoms with Gasteiger partial charge in [0.05, 0.1) is 0 Å². The lowest BCUT2D eigenvalue weighted by Gasteiger charge is -2.56. The molecule has 0 amide bonds. The molecule has 0 aromatic carbocycles. The summed E-state index contributed by atoms with van der Waals surface area (Å²) in [6.07, 6.45) is 8.37. The van der Waals surface area contributed by atoms with Crippen LogP contribution in [0.3, 0.4) is 0 Å². The third kappa shape index (κ3) is 2.80. The average molecular weight is 401 g/mol. The minimum Gasteiger partial charge on any atom is -0.458 e. The summed E-state index contributed by atoms with van der Waals surface area (Å²) in [4.78, 5) is 36.1. The summed E-state index contributed by atoms with van der Waals surface area (Å²) < 4.78 is 4.92. The van der Waals surface area contributed by atoms with Crippen LogP contribution >= 0.6 is 0 Å². The number of rotatable bonds is 3. The van der Waals surface area contributed by atoms with Gasteiger partial charge in [-0.1, -0.05) is 38.0 Å². The zero-order chi connectivity index (χ0) is 21.2. The van der Waals surface area contributed by atoms with Gasteiger partial charge in [-0.05, 0) is 55.9 Å². The molecule has 4 rings (SSSR count). The van der Waals surface area contributed by atoms with Crippen LogP contribution in [0.2, 0.25) is 0 Å². The second-order valence-corrected chi connectivity index (χ2v) is 10.1. The maximum absolute atomic E-state index is 12.9. The summed E-state index contributed by atoms with van der Waals surface area (Å²) in [6, 6.07) is 0. The number of carbonyl (C=O) groups is 3. The molecule has 2 fully saturated rings. The standard InChI is InChI=1S/C24H32O5/c1-14-11-17-18(22(3)8-5-16(26)12-20(14)22)6-9-23(4)19(17)7-10-24(23,28)21(27)13-29-15(2)25/h6,12,14,17,19,28H,5,7-11,13H2,1-4H3/t14-,17-,19+,22+,23-,24-/m0/s1. The molecule has 0 saturated heterocycles. The molecule has 4 aliphatic rings. The summed E-state index contributed by atoms with van der Waals surface area (Å²) in [6.45, 7) is 7.43. The normalized spacial score (nSPS) is 43.5. The highest BCUT2D eigenvalue weighted by atomic mass is 16.5. The van der Waals surface area contributed by atoms with Crippen molar-refractivity contribution in [3.05, 3.63) is 23.3 Å². The summed E-state index contributed by atoms with van der Waals surface area (Å²) >= 11 is 0. The smallest absolute Gasteiger partial charge is 0.303 e. The third-order valence-electron chi connectivity index (χ3n) is 8.68. The van der Waals surface area contributed by atoms with Gasteiger partial charge >= 0.3 is 5.97 Å². The number of aliphatic hydroxyl groups is 1. The topological polar surface area (TPSA) is 80.7 Å². The third-order valence-corrected chi connectivity index (χ3v) is 8.68. The zero-order valence-corrected chi connectivity index (χ0v) is 17.9. The van der Waals surface area contributed by atoms with Crippen molar-refractivity contribution in [1.82, 2.24) is 0 Å². The molecule has 29 heavy (non-hydrogen) atoms. The minimum absolute atomic E-state index is 0.0833. The first-order chi connectivity index (χ1) is 13.5. The second-order valence-electron chi connectivity index (χ2n) is 10.1. The maximum Gasteiger partial charge on any atom is 0.303 e. The van der Waals surface area contributed by atoms with Crippen molar-refractivity contribution in [3.63, 3.8) is 0 Å². The molecular formula is C24H32O5. The van der Waals surface area contributed by atoms with Gasteiger partial charge in [-0.15, -0.1) is 0 Å². The summed E-state index contributed by atoms with van der Waals surface area (Å²) in [5.41, 5.74) is 0.575. The molecule has 0 aromatic rings. The van der Waals surface area contributed by atoms with Crippen molar-refractivity contribution in [2.24, 2.45) is 28.6 Å². The van der Waals surface area contributed by atoms with E-state index >= 15 is 0 Å². The molecule has 0 unspecified atom stereocenters. The predicted octanol–water partition coefficient (Wildman–Crippen LogP) is 3.55. The maximum atomic E-state index is 12.9. The van der Waals surface area contributed by atoms with Crippen LogP contribution in [0.5, 0.6) is 0 Å². The Balaban J connectivity index is 1.70. The lowest BCUT2D eigenvalue weighted by molar-refractivity contribution is -0.162. The van der Waals surface area contributed by atoms with Gasteiger partial charge in [0, 0.05) is 24.2 Å². The van der Waals surface area contributed by atoms with E-state index in [4.69, 9.17) is 4.74 Å². The van der Waals surface area contributed by atoms with Crippen molar-refractivity contribution in [2.75, 3.05) is 6.61 Å². The number of allylic oxidation sites excluding steroid dienone is 4. The van der Waals surface area contributed by atoms with Crippen molar-refractivity contribution >= 4 is 17.5 Å². The zero-order valence-electron chi connectivity index (χ0n) is 17.9. The fourth-order valence-electron chi connectivity index (χ4n) is 7.03. The molecule has 0 radical (unpaired) electrons. The quantitative estimate of drug-likeness (QED) is 0.579. The Labute approximate surface area is 172 Å². The number of hydrogen-bond donors (Lipinski definition) is 1. The number of fused-ring (bicyclic) bond motifs is 5. The van der Waals surface area contributed by atoms with Crippen LogP contribution in [0, 0.1) is 28.6 Å². The van der Waals surface area contributed by atoms with E-state index in [0.29, 0.717) is 31.1 Å². The first kappa shape index (κ1) is 20.5. The largest absolute Gasteiger partial charge is 0.458 e. The van der Waals surface area contributed by atoms with Crippen LogP contribution in [0.1, 0.15) is 66.2 Å². The Morgan fingerprint density at radius 2 is 1.97 bits per heavy atom. The summed E-state index contributed by atoms with van der Waals surface area (Å²) in [5.74, 6) is 0.192. The van der Waals surface area contributed by atoms with E-state index in [0.717, 1.165) is 19.3 Å². The van der Waals surface area contributed by atoms with Crippen LogP contribution in [-0.4, -0.2) is 34.9 Å². The van der Waals surface area contributed by atoms with Gasteiger partial charge in [0.15, 0.2) is 12.4 Å². The van der Waals surface area contributed by atoms with Crippen molar-refractivity contribution in [1.29, 1.82) is 0 Å². The highest BCUT2D eigenvalue weighted by Gasteiger charge is 2.64. The molecule has 2 saturated carbocycles. The predicted molar refractivity (Wildman–Crippen MR) is 108 cm³/mol.